The molecule has 0 saturated carbocycles. The molecule has 4 atom stereocenters. The largest absolute Gasteiger partial charge is 0.316 e. The smallest absolute Gasteiger partial charge is 0.274 e. The highest BCUT2D eigenvalue weighted by atomic mass is 32.2. The van der Waals surface area contributed by atoms with E-state index >= 15 is 0 Å². The van der Waals surface area contributed by atoms with Gasteiger partial charge < -0.3 is 11.5 Å². The minimum atomic E-state index is -4.79. The Hall–Kier alpha value is -4.70. The summed E-state index contributed by atoms with van der Waals surface area (Å²) >= 11 is 0. The first-order valence-electron chi connectivity index (χ1n) is 15.5. The molecular formula is C34H32N6O6S2. The highest BCUT2D eigenvalue weighted by Gasteiger charge is 2.50. The molecule has 0 aliphatic heterocycles. The summed E-state index contributed by atoms with van der Waals surface area (Å²) in [5.74, 6) is 0. The van der Waals surface area contributed by atoms with Gasteiger partial charge in [-0.1, -0.05) is 84.9 Å². The molecule has 4 aromatic rings. The first-order chi connectivity index (χ1) is 23.6. The lowest BCUT2D eigenvalue weighted by molar-refractivity contribution is 0.435. The zero-order chi connectivity index (χ0) is 36.2. The van der Waals surface area contributed by atoms with Crippen LogP contribution < -0.4 is 11.5 Å². The van der Waals surface area contributed by atoms with Crippen molar-refractivity contribution in [3.63, 3.8) is 0 Å². The number of hydrogen-bond acceptors (Lipinski definition) is 10. The summed E-state index contributed by atoms with van der Waals surface area (Å²) in [4.78, 5) is 0. The van der Waals surface area contributed by atoms with Crippen LogP contribution in [0.2, 0.25) is 2.82 Å². The van der Waals surface area contributed by atoms with E-state index in [1.165, 1.54) is 12.2 Å². The number of fused-ring (bicyclic) bond motifs is 2. The molecule has 4 unspecified atom stereocenters. The van der Waals surface area contributed by atoms with E-state index in [4.69, 9.17) is 14.3 Å². The van der Waals surface area contributed by atoms with E-state index in [-0.39, 0.29) is 11.4 Å². The van der Waals surface area contributed by atoms with E-state index in [2.05, 4.69) is 21.3 Å². The van der Waals surface area contributed by atoms with Gasteiger partial charge in [0.05, 0.1) is 22.5 Å². The Morgan fingerprint density at radius 3 is 1.35 bits per heavy atom. The first-order valence-corrected chi connectivity index (χ1v) is 17.6. The maximum atomic E-state index is 12.8. The lowest BCUT2D eigenvalue weighted by Gasteiger charge is -2.40. The molecule has 8 N–H and O–H groups in total. The normalized spacial score (nSPS) is 24.8. The summed E-state index contributed by atoms with van der Waals surface area (Å²) in [5.41, 5.74) is 22.0. The van der Waals surface area contributed by atoms with E-state index in [1.807, 2.05) is 12.1 Å². The standard InChI is InChI=1S/C34H32N6O6S2/c1-19-15-21(11-13-25(19)33(35)27-9-5-3-7-23(27)29(39-37)17-31(33)47(41,42)43)22-12-14-26(20(2)16-22)34(36)28-10-6-4-8-24(28)30(40-38)18-32(34)48(44,45)46/h3-18,31-32,37-38H,35-36H2,1-2H3,(H,41,42,43)(H,44,45,46)/b39-37+,40-38+. The van der Waals surface area contributed by atoms with Crippen LogP contribution in [0.4, 0.5) is 0 Å². The molecule has 0 heterocycles. The number of nitrogens with two attached hydrogens (primary N) is 2. The quantitative estimate of drug-likeness (QED) is 0.105. The highest BCUT2D eigenvalue weighted by Crippen LogP contribution is 2.47. The second-order valence-electron chi connectivity index (χ2n) is 12.1. The second kappa shape index (κ2) is 11.5. The van der Waals surface area contributed by atoms with Crippen LogP contribution in [-0.2, 0) is 31.3 Å². The molecule has 6 rings (SSSR count). The molecule has 4 aromatic carbocycles. The molecule has 14 heteroatoms. The van der Waals surface area contributed by atoms with E-state index < -0.39 is 41.8 Å². The van der Waals surface area contributed by atoms with Gasteiger partial charge in [0.2, 0.25) is 2.82 Å². The molecular weight excluding hydrogens is 653 g/mol. The summed E-state index contributed by atoms with van der Waals surface area (Å²) in [6.45, 7) is 3.54. The van der Waals surface area contributed by atoms with Gasteiger partial charge in [-0.3, -0.25) is 9.11 Å². The molecule has 2 aliphatic carbocycles. The maximum absolute atomic E-state index is 12.8. The van der Waals surface area contributed by atoms with Crippen LogP contribution in [0.1, 0.15) is 44.5 Å². The van der Waals surface area contributed by atoms with Gasteiger partial charge in [0, 0.05) is 11.1 Å². The summed E-state index contributed by atoms with van der Waals surface area (Å²) in [6, 6.07) is 24.0. The van der Waals surface area contributed by atoms with Crippen LogP contribution in [0.3, 0.4) is 0 Å². The lowest BCUT2D eigenvalue weighted by Crippen LogP contribution is -2.53. The SMILES string of the molecule is [H]/N=N/C1=CC(S(=O)(=O)O)C(N)(c2ccc(-c3ccc(C4(N)c5ccccc5C(/N=N/[H])=CC4S(=O)(=O)O)c(C)c3)cc2C)c2ccccc21. The van der Waals surface area contributed by atoms with Crippen molar-refractivity contribution in [2.45, 2.75) is 35.4 Å². The van der Waals surface area contributed by atoms with Crippen LogP contribution in [-0.4, -0.2) is 36.4 Å². The Balaban J connectivity index is 1.47. The zero-order valence-corrected chi connectivity index (χ0v) is 27.3. The van der Waals surface area contributed by atoms with Gasteiger partial charge >= 0.3 is 0 Å². The molecule has 2 aliphatic rings. The molecule has 0 saturated heterocycles. The Morgan fingerprint density at radius 2 is 1.02 bits per heavy atom. The van der Waals surface area contributed by atoms with Crippen molar-refractivity contribution in [3.05, 3.63) is 142 Å². The van der Waals surface area contributed by atoms with Crippen molar-refractivity contribution < 1.29 is 28.8 Å². The zero-order valence-electron chi connectivity index (χ0n) is 27.7. The van der Waals surface area contributed by atoms with Gasteiger partial charge in [-0.2, -0.15) is 27.1 Å². The minimum absolute atomic E-state index is 0.0890. The summed E-state index contributed by atoms with van der Waals surface area (Å²) in [5, 5.41) is 4.23. The molecule has 0 radical (unpaired) electrons. The fourth-order valence-electron chi connectivity index (χ4n) is 7.20. The number of nitrogens with one attached hydrogen (secondary N) is 2. The minimum Gasteiger partial charge on any atom is -0.316 e. The monoisotopic (exact) mass is 684 g/mol. The molecule has 48 heavy (non-hydrogen) atoms. The molecule has 0 spiro atoms. The average Bonchev–Trinajstić information content (AvgIpc) is 3.06. The van der Waals surface area contributed by atoms with Crippen molar-refractivity contribution >= 4 is 31.6 Å². The third-order valence-corrected chi connectivity index (χ3v) is 11.6. The number of aryl methyl sites for hydroxylation is 2. The molecule has 0 fully saturated rings. The Bertz CT molecular complexity index is 2230. The molecule has 246 valence electrons. The van der Waals surface area contributed by atoms with E-state index in [0.717, 1.165) is 11.1 Å². The van der Waals surface area contributed by atoms with E-state index in [0.29, 0.717) is 44.5 Å². The van der Waals surface area contributed by atoms with Crippen LogP contribution in [0.25, 0.3) is 22.5 Å². The summed E-state index contributed by atoms with van der Waals surface area (Å²) in [6.07, 6.45) is 2.40. The highest BCUT2D eigenvalue weighted by molar-refractivity contribution is 7.87. The molecule has 0 aromatic heterocycles. The summed E-state index contributed by atoms with van der Waals surface area (Å²) < 4.78 is 86.4. The van der Waals surface area contributed by atoms with E-state index in [9.17, 15) is 25.9 Å². The van der Waals surface area contributed by atoms with Crippen LogP contribution >= 0.6 is 0 Å². The molecule has 0 bridgehead atoms. The van der Waals surface area contributed by atoms with Gasteiger partial charge in [-0.25, -0.2) is 11.0 Å². The Morgan fingerprint density at radius 1 is 0.646 bits per heavy atom. The number of rotatable bonds is 7. The number of hydrogen-bond donors (Lipinski definition) is 6. The Kier molecular flexibility index (Phi) is 7.32. The third kappa shape index (κ3) is 5.05. The van der Waals surface area contributed by atoms with Gasteiger partial charge in [0.15, 0.2) is 0 Å². The van der Waals surface area contributed by atoms with Crippen molar-refractivity contribution in [3.8, 4) is 11.1 Å². The van der Waals surface area contributed by atoms with Gasteiger partial charge in [-0.15, -0.1) is 0 Å². The third-order valence-electron chi connectivity index (χ3n) is 9.35. The molecule has 12 nitrogen and oxygen atoms in total. The fourth-order valence-corrected chi connectivity index (χ4v) is 9.25. The van der Waals surface area contributed by atoms with Crippen LogP contribution in [0.5, 0.6) is 0 Å². The average molecular weight is 685 g/mol. The predicted molar refractivity (Wildman–Crippen MR) is 181 cm³/mol. The van der Waals surface area contributed by atoms with Crippen LogP contribution in [0, 0.1) is 24.9 Å². The summed E-state index contributed by atoms with van der Waals surface area (Å²) in [7, 11) is -9.57. The maximum Gasteiger partial charge on any atom is 0.274 e. The van der Waals surface area contributed by atoms with Crippen molar-refractivity contribution in [2.24, 2.45) is 21.7 Å². The molecule has 0 amide bonds. The van der Waals surface area contributed by atoms with Crippen molar-refractivity contribution in [1.29, 1.82) is 11.0 Å². The van der Waals surface area contributed by atoms with Crippen molar-refractivity contribution in [2.75, 3.05) is 0 Å². The van der Waals surface area contributed by atoms with Gasteiger partial charge in [0.25, 0.3) is 20.2 Å². The van der Waals surface area contributed by atoms with Gasteiger partial charge in [-0.05, 0) is 70.5 Å². The van der Waals surface area contributed by atoms with E-state index in [1.54, 1.807) is 86.6 Å². The number of nitrogens with zero attached hydrogens (tertiary/aromatic N) is 2. The predicted octanol–water partition coefficient (Wildman–Crippen LogP) is 5.66. The topological polar surface area (TPSA) is 233 Å². The fraction of sp³-hybridized carbons (Fsp3) is 0.176. The van der Waals surface area contributed by atoms with Crippen molar-refractivity contribution in [1.82, 2.24) is 0 Å². The number of benzene rings is 4. The van der Waals surface area contributed by atoms with Gasteiger partial charge in [0.1, 0.15) is 10.5 Å². The second-order valence-corrected chi connectivity index (χ2v) is 15.1. The lowest BCUT2D eigenvalue weighted by atomic mass is 9.72. The Labute approximate surface area is 280 Å². The first kappa shape index (κ1) is 30.6. The van der Waals surface area contributed by atoms with Crippen LogP contribution in [0.15, 0.2) is 107 Å².